The van der Waals surface area contributed by atoms with Crippen LogP contribution in [0.3, 0.4) is 0 Å². The van der Waals surface area contributed by atoms with Crippen molar-refractivity contribution in [3.05, 3.63) is 76.4 Å². The number of ether oxygens (including phenoxy) is 1. The number of methoxy groups -OCH3 is 1. The molecule has 4 aromatic rings. The molecular formula is C22H19N5O3S2. The van der Waals surface area contributed by atoms with Crippen LogP contribution in [0.15, 0.2) is 76.0 Å². The van der Waals surface area contributed by atoms with Crippen LogP contribution >= 0.6 is 23.1 Å². The van der Waals surface area contributed by atoms with Gasteiger partial charge < -0.3 is 15.8 Å². The topological polar surface area (TPSA) is 112 Å². The van der Waals surface area contributed by atoms with Crippen molar-refractivity contribution in [3.63, 3.8) is 0 Å². The van der Waals surface area contributed by atoms with Crippen LogP contribution in [-0.4, -0.2) is 33.3 Å². The summed E-state index contributed by atoms with van der Waals surface area (Å²) in [6, 6.07) is 18.1. The van der Waals surface area contributed by atoms with Crippen molar-refractivity contribution in [2.24, 2.45) is 0 Å². The Morgan fingerprint density at radius 3 is 2.62 bits per heavy atom. The number of nitrogens with two attached hydrogens (primary N) is 1. The third-order valence-electron chi connectivity index (χ3n) is 4.41. The molecule has 8 nitrogen and oxygen atoms in total. The number of hydrogen-bond acceptors (Lipinski definition) is 8. The van der Waals surface area contributed by atoms with Gasteiger partial charge in [0.25, 0.3) is 5.56 Å². The fourth-order valence-electron chi connectivity index (χ4n) is 2.92. The Labute approximate surface area is 192 Å². The Hall–Kier alpha value is -3.63. The third-order valence-corrected chi connectivity index (χ3v) is 6.11. The largest absolute Gasteiger partial charge is 0.497 e. The van der Waals surface area contributed by atoms with Crippen LogP contribution in [0.1, 0.15) is 0 Å². The molecule has 0 spiro atoms. The summed E-state index contributed by atoms with van der Waals surface area (Å²) in [5.74, 6) is 0.795. The number of carbonyl (C=O) groups is 1. The number of carbonyl (C=O) groups excluding carboxylic acids is 1. The average Bonchev–Trinajstić information content (AvgIpc) is 3.26. The predicted octanol–water partition coefficient (Wildman–Crippen LogP) is 3.68. The molecule has 2 heterocycles. The molecule has 10 heteroatoms. The lowest BCUT2D eigenvalue weighted by Gasteiger charge is -2.14. The Morgan fingerprint density at radius 1 is 1.16 bits per heavy atom. The fraction of sp³-hybridized carbons (Fsp3) is 0.0909. The number of nitrogen functional groups attached to an aromatic ring is 1. The number of hydrogen-bond donors (Lipinski definition) is 2. The molecule has 0 aliphatic rings. The lowest BCUT2D eigenvalue weighted by Crippen LogP contribution is -2.19. The summed E-state index contributed by atoms with van der Waals surface area (Å²) in [4.78, 5) is 32.9. The predicted molar refractivity (Wildman–Crippen MR) is 128 cm³/mol. The summed E-state index contributed by atoms with van der Waals surface area (Å²) in [5, 5.41) is 5.49. The quantitative estimate of drug-likeness (QED) is 0.316. The minimum absolute atomic E-state index is 0.0418. The van der Waals surface area contributed by atoms with Gasteiger partial charge in [-0.05, 0) is 36.4 Å². The van der Waals surface area contributed by atoms with Gasteiger partial charge in [0, 0.05) is 22.7 Å². The zero-order chi connectivity index (χ0) is 22.5. The van der Waals surface area contributed by atoms with E-state index in [1.165, 1.54) is 17.4 Å². The SMILES string of the molecule is COc1ccc(-c2csc(NC(=O)CSc3nc(=O)cc(N)n3-c3ccccc3)n2)cc1. The van der Waals surface area contributed by atoms with Crippen LogP contribution in [0.2, 0.25) is 0 Å². The standard InChI is InChI=1S/C22H19N5O3S2/c1-30-16-9-7-14(8-10-16)17-12-31-21(24-17)25-20(29)13-32-22-26-19(28)11-18(23)27(22)15-5-3-2-4-6-15/h2-12H,13,23H2,1H3,(H,24,25,29). The molecule has 32 heavy (non-hydrogen) atoms. The van der Waals surface area contributed by atoms with Crippen LogP contribution in [0, 0.1) is 0 Å². The van der Waals surface area contributed by atoms with E-state index in [0.29, 0.717) is 10.3 Å². The number of rotatable bonds is 7. The minimum atomic E-state index is -0.457. The second-order valence-corrected chi connectivity index (χ2v) is 8.38. The summed E-state index contributed by atoms with van der Waals surface area (Å²) < 4.78 is 6.81. The van der Waals surface area contributed by atoms with Gasteiger partial charge in [0.05, 0.1) is 18.6 Å². The zero-order valence-corrected chi connectivity index (χ0v) is 18.7. The van der Waals surface area contributed by atoms with Crippen molar-refractivity contribution in [2.45, 2.75) is 5.16 Å². The number of anilines is 2. The van der Waals surface area contributed by atoms with Crippen molar-refractivity contribution >= 4 is 40.0 Å². The molecule has 0 fully saturated rings. The molecule has 0 aliphatic carbocycles. The van der Waals surface area contributed by atoms with Gasteiger partial charge in [0.1, 0.15) is 11.6 Å². The van der Waals surface area contributed by atoms with Gasteiger partial charge in [0.15, 0.2) is 10.3 Å². The number of amides is 1. The number of para-hydroxylation sites is 1. The Bertz CT molecular complexity index is 1290. The molecule has 2 aromatic carbocycles. The molecule has 0 saturated heterocycles. The first-order valence-electron chi connectivity index (χ1n) is 9.51. The molecular weight excluding hydrogens is 446 g/mol. The molecule has 162 valence electrons. The number of thiazole rings is 1. The van der Waals surface area contributed by atoms with Gasteiger partial charge >= 0.3 is 0 Å². The highest BCUT2D eigenvalue weighted by atomic mass is 32.2. The van der Waals surface area contributed by atoms with Crippen molar-refractivity contribution < 1.29 is 9.53 Å². The molecule has 0 unspecified atom stereocenters. The van der Waals surface area contributed by atoms with Gasteiger partial charge in [0.2, 0.25) is 5.91 Å². The second-order valence-electron chi connectivity index (χ2n) is 6.58. The van der Waals surface area contributed by atoms with Gasteiger partial charge in [-0.15, -0.1) is 11.3 Å². The van der Waals surface area contributed by atoms with E-state index in [-0.39, 0.29) is 17.5 Å². The van der Waals surface area contributed by atoms with Gasteiger partial charge in [-0.25, -0.2) is 4.98 Å². The Morgan fingerprint density at radius 2 is 1.91 bits per heavy atom. The highest BCUT2D eigenvalue weighted by Crippen LogP contribution is 2.27. The number of thioether (sulfide) groups is 1. The smallest absolute Gasteiger partial charge is 0.275 e. The molecule has 0 bridgehead atoms. The van der Waals surface area contributed by atoms with E-state index in [0.717, 1.165) is 34.5 Å². The number of aromatic nitrogens is 3. The number of benzene rings is 2. The van der Waals surface area contributed by atoms with Crippen LogP contribution in [0.4, 0.5) is 10.9 Å². The molecule has 2 aromatic heterocycles. The van der Waals surface area contributed by atoms with Crippen molar-refractivity contribution in [1.82, 2.24) is 14.5 Å². The number of nitrogens with one attached hydrogen (secondary N) is 1. The fourth-order valence-corrected chi connectivity index (χ4v) is 4.49. The first-order valence-corrected chi connectivity index (χ1v) is 11.4. The van der Waals surface area contributed by atoms with Gasteiger partial charge in [-0.3, -0.25) is 14.2 Å². The van der Waals surface area contributed by atoms with Crippen molar-refractivity contribution in [1.29, 1.82) is 0 Å². The van der Waals surface area contributed by atoms with E-state index in [4.69, 9.17) is 10.5 Å². The van der Waals surface area contributed by atoms with E-state index in [2.05, 4.69) is 15.3 Å². The molecule has 4 rings (SSSR count). The summed E-state index contributed by atoms with van der Waals surface area (Å²) >= 11 is 2.46. The lowest BCUT2D eigenvalue weighted by atomic mass is 10.2. The summed E-state index contributed by atoms with van der Waals surface area (Å²) in [5.41, 5.74) is 8.03. The van der Waals surface area contributed by atoms with E-state index in [1.54, 1.807) is 11.7 Å². The van der Waals surface area contributed by atoms with E-state index >= 15 is 0 Å². The normalized spacial score (nSPS) is 10.7. The molecule has 1 amide bonds. The molecule has 0 radical (unpaired) electrons. The van der Waals surface area contributed by atoms with Gasteiger partial charge in [-0.2, -0.15) is 4.98 Å². The first kappa shape index (κ1) is 21.6. The highest BCUT2D eigenvalue weighted by molar-refractivity contribution is 7.99. The molecule has 0 aliphatic heterocycles. The zero-order valence-electron chi connectivity index (χ0n) is 17.0. The minimum Gasteiger partial charge on any atom is -0.497 e. The van der Waals surface area contributed by atoms with Crippen LogP contribution in [0.5, 0.6) is 5.75 Å². The number of nitrogens with zero attached hydrogens (tertiary/aromatic N) is 3. The second kappa shape index (κ2) is 9.67. The van der Waals surface area contributed by atoms with Crippen LogP contribution in [-0.2, 0) is 4.79 Å². The lowest BCUT2D eigenvalue weighted by molar-refractivity contribution is -0.113. The van der Waals surface area contributed by atoms with Crippen molar-refractivity contribution in [3.8, 4) is 22.7 Å². The third kappa shape index (κ3) is 4.98. The average molecular weight is 466 g/mol. The first-order chi connectivity index (χ1) is 15.5. The van der Waals surface area contributed by atoms with Gasteiger partial charge in [-0.1, -0.05) is 30.0 Å². The van der Waals surface area contributed by atoms with E-state index in [1.807, 2.05) is 60.0 Å². The van der Waals surface area contributed by atoms with E-state index in [9.17, 15) is 9.59 Å². The summed E-state index contributed by atoms with van der Waals surface area (Å²) in [6.45, 7) is 0. The maximum Gasteiger partial charge on any atom is 0.275 e. The Kier molecular flexibility index (Phi) is 6.52. The summed E-state index contributed by atoms with van der Waals surface area (Å²) in [7, 11) is 1.61. The highest BCUT2D eigenvalue weighted by Gasteiger charge is 2.14. The molecule has 0 saturated carbocycles. The Balaban J connectivity index is 1.45. The maximum atomic E-state index is 12.5. The maximum absolute atomic E-state index is 12.5. The van der Waals surface area contributed by atoms with Crippen LogP contribution in [0.25, 0.3) is 16.9 Å². The molecule has 3 N–H and O–H groups in total. The van der Waals surface area contributed by atoms with Crippen molar-refractivity contribution in [2.75, 3.05) is 23.9 Å². The monoisotopic (exact) mass is 465 g/mol. The summed E-state index contributed by atoms with van der Waals surface area (Å²) in [6.07, 6.45) is 0. The van der Waals surface area contributed by atoms with Crippen LogP contribution < -0.4 is 21.3 Å². The molecule has 0 atom stereocenters. The van der Waals surface area contributed by atoms with E-state index < -0.39 is 5.56 Å².